The average molecular weight is 371 g/mol. The van der Waals surface area contributed by atoms with Crippen molar-refractivity contribution in [1.82, 2.24) is 5.43 Å². The molecule has 0 saturated carbocycles. The predicted molar refractivity (Wildman–Crippen MR) is 107 cm³/mol. The summed E-state index contributed by atoms with van der Waals surface area (Å²) >= 11 is 7.76. The first-order valence-electron chi connectivity index (χ1n) is 8.12. The highest BCUT2D eigenvalue weighted by Crippen LogP contribution is 2.35. The topological polar surface area (TPSA) is 41.5 Å². The number of halogens is 1. The highest BCUT2D eigenvalue weighted by Gasteiger charge is 2.17. The fourth-order valence-electron chi connectivity index (χ4n) is 2.55. The Labute approximate surface area is 156 Å². The van der Waals surface area contributed by atoms with E-state index in [9.17, 15) is 4.79 Å². The lowest BCUT2D eigenvalue weighted by atomic mass is 10.1. The molecule has 0 saturated heterocycles. The number of aryl methyl sites for hydroxylation is 2. The van der Waals surface area contributed by atoms with Gasteiger partial charge in [-0.25, -0.2) is 5.43 Å². The van der Waals surface area contributed by atoms with Gasteiger partial charge in [-0.1, -0.05) is 54.9 Å². The minimum absolute atomic E-state index is 0.284. The highest BCUT2D eigenvalue weighted by atomic mass is 35.5. The van der Waals surface area contributed by atoms with Crippen molar-refractivity contribution in [2.75, 3.05) is 0 Å². The van der Waals surface area contributed by atoms with Crippen molar-refractivity contribution in [3.63, 3.8) is 0 Å². The Bertz CT molecular complexity index is 958. The van der Waals surface area contributed by atoms with Crippen LogP contribution in [0, 0.1) is 6.92 Å². The van der Waals surface area contributed by atoms with Crippen LogP contribution in [0.25, 0.3) is 10.1 Å². The standard InChI is InChI=1S/C20H19ClN2OS/c1-4-14-6-8-15(9-7-14)13(3)22-23-20(24)19-18(21)16-10-5-12(2)11-17(16)25-19/h5-11H,4H2,1-3H3,(H,23,24)/b22-13+. The first kappa shape index (κ1) is 17.6. The minimum Gasteiger partial charge on any atom is -0.266 e. The molecule has 3 aromatic rings. The van der Waals surface area contributed by atoms with E-state index in [2.05, 4.69) is 29.6 Å². The maximum absolute atomic E-state index is 12.5. The van der Waals surface area contributed by atoms with E-state index in [-0.39, 0.29) is 5.91 Å². The van der Waals surface area contributed by atoms with E-state index >= 15 is 0 Å². The fraction of sp³-hybridized carbons (Fsp3) is 0.200. The summed E-state index contributed by atoms with van der Waals surface area (Å²) in [5.74, 6) is -0.284. The number of amides is 1. The number of fused-ring (bicyclic) bond motifs is 1. The molecule has 5 heteroatoms. The zero-order chi connectivity index (χ0) is 18.0. The molecule has 1 heterocycles. The molecule has 0 spiro atoms. The number of nitrogens with one attached hydrogen (secondary N) is 1. The third kappa shape index (κ3) is 3.75. The van der Waals surface area contributed by atoms with Crippen molar-refractivity contribution in [3.8, 4) is 0 Å². The Balaban J connectivity index is 1.80. The molecule has 128 valence electrons. The number of carbonyl (C=O) groups excluding carboxylic acids is 1. The Kier molecular flexibility index (Phi) is 5.21. The molecule has 0 aliphatic carbocycles. The molecule has 25 heavy (non-hydrogen) atoms. The molecule has 2 aromatic carbocycles. The van der Waals surface area contributed by atoms with Gasteiger partial charge in [0.05, 0.1) is 10.7 Å². The van der Waals surface area contributed by atoms with Crippen molar-refractivity contribution in [2.45, 2.75) is 27.2 Å². The second-order valence-electron chi connectivity index (χ2n) is 5.93. The Morgan fingerprint density at radius 2 is 1.92 bits per heavy atom. The summed E-state index contributed by atoms with van der Waals surface area (Å²) < 4.78 is 1.01. The predicted octanol–water partition coefficient (Wildman–Crippen LogP) is 5.58. The molecule has 3 nitrogen and oxygen atoms in total. The summed E-state index contributed by atoms with van der Waals surface area (Å²) in [7, 11) is 0. The second-order valence-corrected chi connectivity index (χ2v) is 7.36. The van der Waals surface area contributed by atoms with Crippen molar-refractivity contribution >= 4 is 44.6 Å². The maximum atomic E-state index is 12.5. The van der Waals surface area contributed by atoms with Gasteiger partial charge in [-0.2, -0.15) is 5.10 Å². The van der Waals surface area contributed by atoms with Crippen LogP contribution in [0.4, 0.5) is 0 Å². The lowest BCUT2D eigenvalue weighted by molar-refractivity contribution is 0.0959. The van der Waals surface area contributed by atoms with E-state index < -0.39 is 0 Å². The first-order valence-corrected chi connectivity index (χ1v) is 9.31. The Morgan fingerprint density at radius 3 is 2.60 bits per heavy atom. The number of hydrogen-bond donors (Lipinski definition) is 1. The van der Waals surface area contributed by atoms with E-state index in [0.29, 0.717) is 9.90 Å². The van der Waals surface area contributed by atoms with Crippen LogP contribution in [0.5, 0.6) is 0 Å². The van der Waals surface area contributed by atoms with E-state index in [1.165, 1.54) is 16.9 Å². The van der Waals surface area contributed by atoms with Crippen LogP contribution in [0.3, 0.4) is 0 Å². The molecule has 3 rings (SSSR count). The van der Waals surface area contributed by atoms with Crippen LogP contribution in [0.1, 0.15) is 40.2 Å². The molecule has 0 unspecified atom stereocenters. The summed E-state index contributed by atoms with van der Waals surface area (Å²) in [6.07, 6.45) is 0.997. The lowest BCUT2D eigenvalue weighted by Crippen LogP contribution is -2.18. The molecule has 0 aliphatic rings. The summed E-state index contributed by atoms with van der Waals surface area (Å²) in [5, 5.41) is 5.61. The number of rotatable bonds is 4. The molecule has 1 amide bonds. The molecule has 0 radical (unpaired) electrons. The monoisotopic (exact) mass is 370 g/mol. The van der Waals surface area contributed by atoms with Gasteiger partial charge in [-0.05, 0) is 43.0 Å². The fourth-order valence-corrected chi connectivity index (χ4v) is 4.06. The molecule has 0 fully saturated rings. The molecule has 1 aromatic heterocycles. The van der Waals surface area contributed by atoms with Crippen molar-refractivity contribution < 1.29 is 4.79 Å². The van der Waals surface area contributed by atoms with E-state index in [0.717, 1.165) is 33.3 Å². The molecule has 0 atom stereocenters. The van der Waals surface area contributed by atoms with Gasteiger partial charge in [0.25, 0.3) is 5.91 Å². The molecule has 0 bridgehead atoms. The largest absolute Gasteiger partial charge is 0.283 e. The van der Waals surface area contributed by atoms with Gasteiger partial charge in [0, 0.05) is 10.1 Å². The summed E-state index contributed by atoms with van der Waals surface area (Å²) in [5.41, 5.74) is 6.76. The summed E-state index contributed by atoms with van der Waals surface area (Å²) in [6.45, 7) is 6.01. The smallest absolute Gasteiger partial charge is 0.266 e. The second kappa shape index (κ2) is 7.38. The van der Waals surface area contributed by atoms with E-state index in [1.54, 1.807) is 0 Å². The van der Waals surface area contributed by atoms with Crippen LogP contribution in [-0.2, 0) is 6.42 Å². The average Bonchev–Trinajstić information content (AvgIpc) is 2.95. The van der Waals surface area contributed by atoms with Crippen molar-refractivity contribution in [1.29, 1.82) is 0 Å². The first-order chi connectivity index (χ1) is 12.0. The van der Waals surface area contributed by atoms with Crippen LogP contribution in [0.2, 0.25) is 5.02 Å². The summed E-state index contributed by atoms with van der Waals surface area (Å²) in [6, 6.07) is 14.1. The quantitative estimate of drug-likeness (QED) is 0.472. The number of carbonyl (C=O) groups is 1. The van der Waals surface area contributed by atoms with Gasteiger partial charge in [0.1, 0.15) is 4.88 Å². The van der Waals surface area contributed by atoms with Gasteiger partial charge in [0.2, 0.25) is 0 Å². The minimum atomic E-state index is -0.284. The van der Waals surface area contributed by atoms with Crippen LogP contribution < -0.4 is 5.43 Å². The van der Waals surface area contributed by atoms with Gasteiger partial charge < -0.3 is 0 Å². The van der Waals surface area contributed by atoms with Gasteiger partial charge >= 0.3 is 0 Å². The van der Waals surface area contributed by atoms with Gasteiger partial charge in [0.15, 0.2) is 0 Å². The molecular weight excluding hydrogens is 352 g/mol. The zero-order valence-electron chi connectivity index (χ0n) is 14.4. The summed E-state index contributed by atoms with van der Waals surface area (Å²) in [4.78, 5) is 13.0. The van der Waals surface area contributed by atoms with Crippen LogP contribution in [-0.4, -0.2) is 11.6 Å². The highest BCUT2D eigenvalue weighted by molar-refractivity contribution is 7.21. The van der Waals surface area contributed by atoms with Crippen LogP contribution in [0.15, 0.2) is 47.6 Å². The van der Waals surface area contributed by atoms with Crippen molar-refractivity contribution in [3.05, 3.63) is 69.1 Å². The third-order valence-corrected chi connectivity index (χ3v) is 5.75. The number of thiophene rings is 1. The van der Waals surface area contributed by atoms with Gasteiger partial charge in [-0.3, -0.25) is 4.79 Å². The maximum Gasteiger partial charge on any atom is 0.283 e. The molecule has 0 aliphatic heterocycles. The SMILES string of the molecule is CCc1ccc(/C(C)=N/NC(=O)c2sc3cc(C)ccc3c2Cl)cc1. The zero-order valence-corrected chi connectivity index (χ0v) is 16.0. The van der Waals surface area contributed by atoms with Crippen molar-refractivity contribution in [2.24, 2.45) is 5.10 Å². The van der Waals surface area contributed by atoms with Crippen LogP contribution >= 0.6 is 22.9 Å². The number of benzene rings is 2. The normalized spacial score (nSPS) is 11.8. The van der Waals surface area contributed by atoms with E-state index in [1.807, 2.05) is 44.2 Å². The molecular formula is C20H19ClN2OS. The third-order valence-electron chi connectivity index (χ3n) is 4.10. The Hall–Kier alpha value is -2.17. The number of nitrogens with zero attached hydrogens (tertiary/aromatic N) is 1. The lowest BCUT2D eigenvalue weighted by Gasteiger charge is -2.03. The van der Waals surface area contributed by atoms with E-state index in [4.69, 9.17) is 11.6 Å². The number of hydrogen-bond acceptors (Lipinski definition) is 3. The van der Waals surface area contributed by atoms with Gasteiger partial charge in [-0.15, -0.1) is 11.3 Å². The Morgan fingerprint density at radius 1 is 1.20 bits per heavy atom. The number of hydrazone groups is 1. The molecule has 1 N–H and O–H groups in total.